The number of carboxylic acid groups (broad SMARTS) is 1. The number of nitrogens with zero attached hydrogens (tertiary/aromatic N) is 3. The van der Waals surface area contributed by atoms with Gasteiger partial charge in [-0.25, -0.2) is 4.63 Å². The van der Waals surface area contributed by atoms with Crippen molar-refractivity contribution in [2.45, 2.75) is 19.3 Å². The number of carboxylic acids is 1. The summed E-state index contributed by atoms with van der Waals surface area (Å²) in [5, 5.41) is 16.8. The lowest BCUT2D eigenvalue weighted by atomic mass is 9.89. The van der Waals surface area contributed by atoms with Crippen LogP contribution in [0.4, 0.5) is 0 Å². The van der Waals surface area contributed by atoms with Crippen molar-refractivity contribution in [1.29, 1.82) is 0 Å². The molecule has 0 spiro atoms. The summed E-state index contributed by atoms with van der Waals surface area (Å²) < 4.78 is 4.59. The first-order chi connectivity index (χ1) is 11.1. The molecule has 0 unspecified atom stereocenters. The molecule has 7 nitrogen and oxygen atoms in total. The normalized spacial score (nSPS) is 20.7. The third-order valence-corrected chi connectivity index (χ3v) is 4.28. The molecule has 1 aromatic carbocycles. The van der Waals surface area contributed by atoms with Gasteiger partial charge in [0.05, 0.1) is 12.3 Å². The molecule has 2 atom stereocenters. The van der Waals surface area contributed by atoms with Gasteiger partial charge in [-0.3, -0.25) is 9.59 Å². The zero-order chi connectivity index (χ0) is 16.4. The zero-order valence-corrected chi connectivity index (χ0v) is 12.7. The Kier molecular flexibility index (Phi) is 4.10. The lowest BCUT2D eigenvalue weighted by Gasteiger charge is -2.16. The molecule has 1 amide bonds. The minimum Gasteiger partial charge on any atom is -0.481 e. The molecule has 23 heavy (non-hydrogen) atoms. The fraction of sp³-hybridized carbons (Fsp3) is 0.375. The van der Waals surface area contributed by atoms with E-state index < -0.39 is 11.9 Å². The Bertz CT molecular complexity index is 713. The van der Waals surface area contributed by atoms with Crippen LogP contribution >= 0.6 is 0 Å². The molecule has 0 aliphatic carbocycles. The van der Waals surface area contributed by atoms with Gasteiger partial charge in [-0.15, -0.1) is 0 Å². The third kappa shape index (κ3) is 3.08. The van der Waals surface area contributed by atoms with Gasteiger partial charge in [0.1, 0.15) is 11.4 Å². The molecule has 0 saturated carbocycles. The van der Waals surface area contributed by atoms with Crippen molar-refractivity contribution >= 4 is 11.9 Å². The van der Waals surface area contributed by atoms with Gasteiger partial charge in [-0.2, -0.15) is 0 Å². The van der Waals surface area contributed by atoms with Gasteiger partial charge in [0.15, 0.2) is 0 Å². The van der Waals surface area contributed by atoms with Gasteiger partial charge in [0.2, 0.25) is 5.91 Å². The van der Waals surface area contributed by atoms with Crippen LogP contribution in [0.15, 0.2) is 35.0 Å². The van der Waals surface area contributed by atoms with E-state index in [1.54, 1.807) is 11.8 Å². The lowest BCUT2D eigenvalue weighted by molar-refractivity contribution is -0.141. The number of amides is 1. The van der Waals surface area contributed by atoms with Crippen LogP contribution in [0, 0.1) is 12.8 Å². The molecule has 2 aromatic rings. The van der Waals surface area contributed by atoms with Crippen molar-refractivity contribution in [3.05, 3.63) is 47.3 Å². The second-order valence-electron chi connectivity index (χ2n) is 5.73. The molecule has 1 aromatic heterocycles. The van der Waals surface area contributed by atoms with E-state index in [1.165, 1.54) is 0 Å². The maximum atomic E-state index is 12.4. The van der Waals surface area contributed by atoms with Crippen LogP contribution in [0.5, 0.6) is 0 Å². The summed E-state index contributed by atoms with van der Waals surface area (Å²) in [6.45, 7) is 2.32. The maximum absolute atomic E-state index is 12.4. The molecule has 7 heteroatoms. The van der Waals surface area contributed by atoms with Crippen molar-refractivity contribution in [3.63, 3.8) is 0 Å². The summed E-state index contributed by atoms with van der Waals surface area (Å²) in [6.07, 6.45) is 0.0726. The minimum atomic E-state index is -0.881. The number of aryl methyl sites for hydroxylation is 1. The molecule has 1 aliphatic heterocycles. The van der Waals surface area contributed by atoms with Crippen molar-refractivity contribution in [1.82, 2.24) is 15.2 Å². The number of hydrogen-bond donors (Lipinski definition) is 1. The first-order valence-corrected chi connectivity index (χ1v) is 7.40. The van der Waals surface area contributed by atoms with Crippen LogP contribution in [0.2, 0.25) is 0 Å². The Morgan fingerprint density at radius 3 is 2.61 bits per heavy atom. The van der Waals surface area contributed by atoms with E-state index in [9.17, 15) is 14.7 Å². The summed E-state index contributed by atoms with van der Waals surface area (Å²) in [5.41, 5.74) is 2.01. The first kappa shape index (κ1) is 15.2. The molecule has 2 heterocycles. The monoisotopic (exact) mass is 315 g/mol. The molecule has 1 saturated heterocycles. The van der Waals surface area contributed by atoms with Crippen molar-refractivity contribution < 1.29 is 19.3 Å². The molecule has 0 bridgehead atoms. The molecule has 120 valence electrons. The second-order valence-corrected chi connectivity index (χ2v) is 5.73. The SMILES string of the molecule is Cc1nonc1CC(=O)N1C[C@H](C(=O)O)[C@@H](c2ccccc2)C1. The van der Waals surface area contributed by atoms with Crippen molar-refractivity contribution in [3.8, 4) is 0 Å². The topological polar surface area (TPSA) is 96.5 Å². The second kappa shape index (κ2) is 6.20. The number of carbonyl (C=O) groups is 2. The molecule has 3 rings (SSSR count). The molecule has 1 aliphatic rings. The summed E-state index contributed by atoms with van der Waals surface area (Å²) in [5.74, 6) is -1.84. The third-order valence-electron chi connectivity index (χ3n) is 4.28. The highest BCUT2D eigenvalue weighted by molar-refractivity contribution is 5.81. The highest BCUT2D eigenvalue weighted by Gasteiger charge is 2.40. The van der Waals surface area contributed by atoms with Crippen LogP contribution in [0.25, 0.3) is 0 Å². The first-order valence-electron chi connectivity index (χ1n) is 7.40. The van der Waals surface area contributed by atoms with Crippen LogP contribution in [0.1, 0.15) is 22.9 Å². The zero-order valence-electron chi connectivity index (χ0n) is 12.7. The predicted molar refractivity (Wildman–Crippen MR) is 79.6 cm³/mol. The van der Waals surface area contributed by atoms with E-state index in [-0.39, 0.29) is 24.8 Å². The summed E-state index contributed by atoms with van der Waals surface area (Å²) in [4.78, 5) is 25.6. The van der Waals surface area contributed by atoms with Gasteiger partial charge in [-0.1, -0.05) is 40.6 Å². The number of aromatic nitrogens is 2. The number of aliphatic carboxylic acids is 1. The Morgan fingerprint density at radius 1 is 1.26 bits per heavy atom. The lowest BCUT2D eigenvalue weighted by Crippen LogP contribution is -2.31. The van der Waals surface area contributed by atoms with E-state index >= 15 is 0 Å². The smallest absolute Gasteiger partial charge is 0.308 e. The molecular formula is C16H17N3O4. The summed E-state index contributed by atoms with van der Waals surface area (Å²) in [6, 6.07) is 9.45. The molecule has 0 radical (unpaired) electrons. The number of rotatable bonds is 4. The van der Waals surface area contributed by atoms with Gasteiger partial charge < -0.3 is 10.0 Å². The largest absolute Gasteiger partial charge is 0.481 e. The maximum Gasteiger partial charge on any atom is 0.308 e. The van der Waals surface area contributed by atoms with Crippen molar-refractivity contribution in [2.75, 3.05) is 13.1 Å². The quantitative estimate of drug-likeness (QED) is 0.912. The van der Waals surface area contributed by atoms with Crippen molar-refractivity contribution in [2.24, 2.45) is 5.92 Å². The van der Waals surface area contributed by atoms with Gasteiger partial charge in [0, 0.05) is 19.0 Å². The molecule has 1 N–H and O–H groups in total. The summed E-state index contributed by atoms with van der Waals surface area (Å²) in [7, 11) is 0. The highest BCUT2D eigenvalue weighted by Crippen LogP contribution is 2.33. The Balaban J connectivity index is 1.76. The van der Waals surface area contributed by atoms with E-state index in [1.807, 2.05) is 30.3 Å². The van der Waals surface area contributed by atoms with E-state index in [4.69, 9.17) is 0 Å². The van der Waals surface area contributed by atoms with E-state index in [0.717, 1.165) is 5.56 Å². The number of hydrogen-bond acceptors (Lipinski definition) is 5. The predicted octanol–water partition coefficient (Wildman–Crippen LogP) is 1.25. The van der Waals surface area contributed by atoms with Crippen LogP contribution in [0.3, 0.4) is 0 Å². The van der Waals surface area contributed by atoms with Crippen LogP contribution in [-0.4, -0.2) is 45.3 Å². The van der Waals surface area contributed by atoms with Gasteiger partial charge in [0.25, 0.3) is 0 Å². The molecular weight excluding hydrogens is 298 g/mol. The van der Waals surface area contributed by atoms with E-state index in [0.29, 0.717) is 17.9 Å². The van der Waals surface area contributed by atoms with Crippen LogP contribution < -0.4 is 0 Å². The Hall–Kier alpha value is -2.70. The Labute approximate surface area is 132 Å². The molecule has 1 fully saturated rings. The van der Waals surface area contributed by atoms with Gasteiger partial charge >= 0.3 is 5.97 Å². The fourth-order valence-electron chi connectivity index (χ4n) is 2.96. The fourth-order valence-corrected chi connectivity index (χ4v) is 2.96. The number of carbonyl (C=O) groups excluding carboxylic acids is 1. The van der Waals surface area contributed by atoms with Crippen LogP contribution in [-0.2, 0) is 16.0 Å². The van der Waals surface area contributed by atoms with E-state index in [2.05, 4.69) is 14.9 Å². The average Bonchev–Trinajstić information content (AvgIpc) is 3.15. The van der Waals surface area contributed by atoms with Gasteiger partial charge in [-0.05, 0) is 12.5 Å². The minimum absolute atomic E-state index is 0.0726. The number of likely N-dealkylation sites (tertiary alicyclic amines) is 1. The number of benzene rings is 1. The standard InChI is InChI=1S/C16H17N3O4/c1-10-14(18-23-17-10)7-15(20)19-8-12(13(9-19)16(21)22)11-5-3-2-4-6-11/h2-6,12-13H,7-9H2,1H3,(H,21,22)/t12-,13+/m1/s1. The average molecular weight is 315 g/mol. The summed E-state index contributed by atoms with van der Waals surface area (Å²) >= 11 is 0. The highest BCUT2D eigenvalue weighted by atomic mass is 16.6. The Morgan fingerprint density at radius 2 is 2.00 bits per heavy atom.